The van der Waals surface area contributed by atoms with E-state index in [-0.39, 0.29) is 22.6 Å². The molecule has 3 rings (SSSR count). The van der Waals surface area contributed by atoms with Gasteiger partial charge < -0.3 is 15.1 Å². The van der Waals surface area contributed by atoms with Gasteiger partial charge in [-0.25, -0.2) is 21.9 Å². The summed E-state index contributed by atoms with van der Waals surface area (Å²) in [6.07, 6.45) is 0. The number of nitrogens with one attached hydrogen (secondary N) is 1. The number of hydrogen-bond donors (Lipinski definition) is 1. The summed E-state index contributed by atoms with van der Waals surface area (Å²) >= 11 is 1.14. The zero-order valence-electron chi connectivity index (χ0n) is 15.8. The molecular formula is C18H23FN4O3S2. The van der Waals surface area contributed by atoms with Crippen molar-refractivity contribution in [2.45, 2.75) is 10.8 Å². The molecule has 28 heavy (non-hydrogen) atoms. The molecular weight excluding hydrogens is 403 g/mol. The van der Waals surface area contributed by atoms with Crippen LogP contribution in [0.15, 0.2) is 40.6 Å². The molecule has 0 spiro atoms. The second-order valence-electron chi connectivity index (χ2n) is 6.59. The molecule has 1 aliphatic rings. The quantitative estimate of drug-likeness (QED) is 0.795. The van der Waals surface area contributed by atoms with Gasteiger partial charge in [0.25, 0.3) is 10.0 Å². The van der Waals surface area contributed by atoms with Crippen molar-refractivity contribution in [1.29, 1.82) is 0 Å². The predicted octanol–water partition coefficient (Wildman–Crippen LogP) is 2.17. The van der Waals surface area contributed by atoms with Crippen LogP contribution >= 0.6 is 11.3 Å². The topological polar surface area (TPSA) is 73.0 Å². The molecule has 2 amide bonds. The number of carbonyl (C=O) groups excluding carboxylic acids is 1. The molecule has 1 aromatic heterocycles. The molecule has 1 aromatic carbocycles. The minimum atomic E-state index is -3.46. The lowest BCUT2D eigenvalue weighted by Crippen LogP contribution is -2.51. The normalized spacial score (nSPS) is 15.1. The fourth-order valence-corrected chi connectivity index (χ4v) is 5.37. The molecule has 0 radical (unpaired) electrons. The van der Waals surface area contributed by atoms with Crippen LogP contribution in [0.4, 0.5) is 14.9 Å². The van der Waals surface area contributed by atoms with Crippen molar-refractivity contribution in [2.75, 3.05) is 45.2 Å². The number of hydrogen-bond acceptors (Lipinski definition) is 5. The first-order chi connectivity index (χ1) is 13.3. The van der Waals surface area contributed by atoms with Crippen molar-refractivity contribution in [3.8, 4) is 0 Å². The number of thiophene rings is 1. The highest BCUT2D eigenvalue weighted by molar-refractivity contribution is 7.91. The molecule has 1 saturated heterocycles. The van der Waals surface area contributed by atoms with Crippen molar-refractivity contribution in [2.24, 2.45) is 0 Å². The van der Waals surface area contributed by atoms with Gasteiger partial charge in [0.05, 0.1) is 12.2 Å². The van der Waals surface area contributed by atoms with Gasteiger partial charge in [0.1, 0.15) is 10.0 Å². The average molecular weight is 427 g/mol. The number of carbonyl (C=O) groups is 1. The van der Waals surface area contributed by atoms with E-state index in [9.17, 15) is 17.6 Å². The standard InChI is InChI=1S/C18H23FN4O3S2/c1-21(2)28(25,26)17-8-7-14(27-17)13-20-18(24)23-11-9-22(10-12-23)16-6-4-3-5-15(16)19/h3-8H,9-13H2,1-2H3,(H,20,24). The van der Waals surface area contributed by atoms with Crippen LogP contribution in [0.1, 0.15) is 4.88 Å². The highest BCUT2D eigenvalue weighted by Gasteiger charge is 2.23. The second kappa shape index (κ2) is 8.46. The monoisotopic (exact) mass is 426 g/mol. The molecule has 152 valence electrons. The van der Waals surface area contributed by atoms with Gasteiger partial charge in [-0.3, -0.25) is 0 Å². The maximum absolute atomic E-state index is 13.9. The Morgan fingerprint density at radius 1 is 1.14 bits per heavy atom. The van der Waals surface area contributed by atoms with Crippen LogP contribution < -0.4 is 10.2 Å². The van der Waals surface area contributed by atoms with E-state index in [0.29, 0.717) is 31.9 Å². The van der Waals surface area contributed by atoms with Crippen LogP contribution in [0, 0.1) is 5.82 Å². The Bertz CT molecular complexity index is 938. The average Bonchev–Trinajstić information content (AvgIpc) is 3.16. The van der Waals surface area contributed by atoms with Crippen molar-refractivity contribution in [1.82, 2.24) is 14.5 Å². The van der Waals surface area contributed by atoms with Crippen molar-refractivity contribution in [3.63, 3.8) is 0 Å². The summed E-state index contributed by atoms with van der Waals surface area (Å²) in [5, 5.41) is 2.83. The predicted molar refractivity (Wildman–Crippen MR) is 108 cm³/mol. The van der Waals surface area contributed by atoms with Gasteiger partial charge in [0.2, 0.25) is 0 Å². The van der Waals surface area contributed by atoms with Crippen LogP contribution in [-0.4, -0.2) is 63.9 Å². The summed E-state index contributed by atoms with van der Waals surface area (Å²) < 4.78 is 39.5. The molecule has 0 atom stereocenters. The van der Waals surface area contributed by atoms with Gasteiger partial charge >= 0.3 is 6.03 Å². The fraction of sp³-hybridized carbons (Fsp3) is 0.389. The third kappa shape index (κ3) is 4.45. The zero-order valence-corrected chi connectivity index (χ0v) is 17.4. The van der Waals surface area contributed by atoms with Crippen LogP contribution in [0.5, 0.6) is 0 Å². The largest absolute Gasteiger partial charge is 0.366 e. The number of halogens is 1. The van der Waals surface area contributed by atoms with Gasteiger partial charge in [-0.05, 0) is 24.3 Å². The van der Waals surface area contributed by atoms with E-state index in [1.165, 1.54) is 20.2 Å². The highest BCUT2D eigenvalue weighted by atomic mass is 32.2. The summed E-state index contributed by atoms with van der Waals surface area (Å²) in [5.74, 6) is -0.262. The van der Waals surface area contributed by atoms with Crippen LogP contribution in [0.3, 0.4) is 0 Å². The number of urea groups is 1. The molecule has 1 aliphatic heterocycles. The van der Waals surface area contributed by atoms with E-state index in [0.717, 1.165) is 20.5 Å². The summed E-state index contributed by atoms with van der Waals surface area (Å²) in [5.41, 5.74) is 0.552. The Morgan fingerprint density at radius 2 is 1.82 bits per heavy atom. The van der Waals surface area contributed by atoms with E-state index in [1.54, 1.807) is 35.2 Å². The Hall–Kier alpha value is -2.17. The lowest BCUT2D eigenvalue weighted by Gasteiger charge is -2.36. The molecule has 2 aromatic rings. The summed E-state index contributed by atoms with van der Waals surface area (Å²) in [7, 11) is -0.491. The van der Waals surface area contributed by atoms with Gasteiger partial charge in [-0.2, -0.15) is 0 Å². The maximum atomic E-state index is 13.9. The molecule has 10 heteroatoms. The van der Waals surface area contributed by atoms with Crippen molar-refractivity contribution >= 4 is 33.1 Å². The van der Waals surface area contributed by atoms with Gasteiger partial charge in [-0.1, -0.05) is 12.1 Å². The zero-order chi connectivity index (χ0) is 20.3. The molecule has 2 heterocycles. The van der Waals surface area contributed by atoms with Crippen LogP contribution in [-0.2, 0) is 16.6 Å². The Morgan fingerprint density at radius 3 is 2.46 bits per heavy atom. The van der Waals surface area contributed by atoms with Gasteiger partial charge in [0.15, 0.2) is 0 Å². The second-order valence-corrected chi connectivity index (χ2v) is 10.1. The van der Waals surface area contributed by atoms with E-state index in [4.69, 9.17) is 0 Å². The number of piperazine rings is 1. The number of para-hydroxylation sites is 1. The summed E-state index contributed by atoms with van der Waals surface area (Å²) in [6, 6.07) is 9.66. The lowest BCUT2D eigenvalue weighted by atomic mass is 10.2. The number of benzene rings is 1. The highest BCUT2D eigenvalue weighted by Crippen LogP contribution is 2.24. The number of anilines is 1. The van der Waals surface area contributed by atoms with Crippen molar-refractivity contribution in [3.05, 3.63) is 47.1 Å². The fourth-order valence-electron chi connectivity index (χ4n) is 2.90. The molecule has 0 unspecified atom stereocenters. The molecule has 1 fully saturated rings. The summed E-state index contributed by atoms with van der Waals surface area (Å²) in [4.78, 5) is 16.8. The Balaban J connectivity index is 1.52. The number of nitrogens with zero attached hydrogens (tertiary/aromatic N) is 3. The van der Waals surface area contributed by atoms with Crippen LogP contribution in [0.25, 0.3) is 0 Å². The first-order valence-corrected chi connectivity index (χ1v) is 11.1. The van der Waals surface area contributed by atoms with E-state index >= 15 is 0 Å². The minimum Gasteiger partial charge on any atom is -0.366 e. The van der Waals surface area contributed by atoms with Crippen LogP contribution in [0.2, 0.25) is 0 Å². The molecule has 1 N–H and O–H groups in total. The maximum Gasteiger partial charge on any atom is 0.317 e. The molecule has 0 aliphatic carbocycles. The lowest BCUT2D eigenvalue weighted by molar-refractivity contribution is 0.194. The van der Waals surface area contributed by atoms with Gasteiger partial charge in [0, 0.05) is 45.2 Å². The first-order valence-electron chi connectivity index (χ1n) is 8.82. The molecule has 7 nitrogen and oxygen atoms in total. The van der Waals surface area contributed by atoms with Gasteiger partial charge in [-0.15, -0.1) is 11.3 Å². The van der Waals surface area contributed by atoms with E-state index in [1.807, 2.05) is 4.90 Å². The van der Waals surface area contributed by atoms with E-state index in [2.05, 4.69) is 5.32 Å². The third-order valence-corrected chi connectivity index (χ3v) is 7.91. The smallest absolute Gasteiger partial charge is 0.317 e. The summed E-state index contributed by atoms with van der Waals surface area (Å²) in [6.45, 7) is 2.35. The molecule has 0 saturated carbocycles. The Labute approximate surface area is 168 Å². The van der Waals surface area contributed by atoms with Crippen molar-refractivity contribution < 1.29 is 17.6 Å². The van der Waals surface area contributed by atoms with E-state index < -0.39 is 10.0 Å². The number of sulfonamides is 1. The molecule has 0 bridgehead atoms. The minimum absolute atomic E-state index is 0.210. The third-order valence-electron chi connectivity index (χ3n) is 4.55. The number of amides is 2. The first kappa shape index (κ1) is 20.6. The SMILES string of the molecule is CN(C)S(=O)(=O)c1ccc(CNC(=O)N2CCN(c3ccccc3F)CC2)s1. The Kier molecular flexibility index (Phi) is 6.21. The number of rotatable bonds is 5.